The maximum absolute atomic E-state index is 10.7. The number of aryl methyl sites for hydroxylation is 1. The first-order chi connectivity index (χ1) is 6.36. The molecule has 2 rings (SSSR count). The number of rotatable bonds is 2. The minimum Gasteiger partial charge on any atom is -0.314 e. The molecule has 1 aliphatic heterocycles. The highest BCUT2D eigenvalue weighted by atomic mass is 16.1. The van der Waals surface area contributed by atoms with Gasteiger partial charge < -0.3 is 9.36 Å². The van der Waals surface area contributed by atoms with Crippen molar-refractivity contribution in [1.82, 2.24) is 14.8 Å². The Labute approximate surface area is 77.0 Å². The maximum atomic E-state index is 10.7. The fourth-order valence-electron chi connectivity index (χ4n) is 1.86. The van der Waals surface area contributed by atoms with Crippen LogP contribution in [-0.2, 0) is 17.8 Å². The summed E-state index contributed by atoms with van der Waals surface area (Å²) in [5.41, 5.74) is 0. The molecular weight excluding hydrogens is 166 g/mol. The van der Waals surface area contributed by atoms with E-state index in [9.17, 15) is 4.79 Å². The summed E-state index contributed by atoms with van der Waals surface area (Å²) in [6, 6.07) is 0. The van der Waals surface area contributed by atoms with Gasteiger partial charge in [-0.15, -0.1) is 10.2 Å². The van der Waals surface area contributed by atoms with Crippen LogP contribution >= 0.6 is 0 Å². The third-order valence-corrected chi connectivity index (χ3v) is 2.56. The van der Waals surface area contributed by atoms with Gasteiger partial charge in [-0.2, -0.15) is 0 Å². The molecule has 0 fully saturated rings. The third kappa shape index (κ3) is 1.26. The van der Waals surface area contributed by atoms with Crippen LogP contribution in [0, 0.1) is 0 Å². The smallest absolute Gasteiger partial charge is 0.143 e. The van der Waals surface area contributed by atoms with Crippen LogP contribution in [0.3, 0.4) is 0 Å². The van der Waals surface area contributed by atoms with E-state index in [1.165, 1.54) is 0 Å². The van der Waals surface area contributed by atoms with Gasteiger partial charge in [0.15, 0.2) is 0 Å². The number of nitrogens with zero attached hydrogens (tertiary/aromatic N) is 3. The molecule has 1 aliphatic rings. The Bertz CT molecular complexity index is 319. The van der Waals surface area contributed by atoms with Crippen LogP contribution in [0.1, 0.15) is 37.3 Å². The normalized spacial score (nSPS) is 21.2. The lowest BCUT2D eigenvalue weighted by molar-refractivity contribution is -0.109. The van der Waals surface area contributed by atoms with Gasteiger partial charge in [0, 0.05) is 13.0 Å². The molecule has 0 saturated carbocycles. The molecular formula is C9H13N3O. The summed E-state index contributed by atoms with van der Waals surface area (Å²) in [6.07, 6.45) is 3.85. The predicted octanol–water partition coefficient (Wildman–Crippen LogP) is 0.917. The average Bonchev–Trinajstić information content (AvgIpc) is 2.60. The van der Waals surface area contributed by atoms with Crippen LogP contribution in [-0.4, -0.2) is 21.1 Å². The van der Waals surface area contributed by atoms with Gasteiger partial charge >= 0.3 is 0 Å². The Morgan fingerprint density at radius 3 is 3.15 bits per heavy atom. The average molecular weight is 179 g/mol. The fraction of sp³-hybridized carbons (Fsp3) is 0.667. The van der Waals surface area contributed by atoms with Crippen LogP contribution in [0.2, 0.25) is 0 Å². The SMILES string of the molecule is CCc1nnc2n1CCCC2C=O. The van der Waals surface area contributed by atoms with Crippen molar-refractivity contribution in [2.45, 2.75) is 38.6 Å². The molecule has 1 aromatic rings. The molecule has 0 aromatic carbocycles. The molecule has 0 N–H and O–H groups in total. The van der Waals surface area contributed by atoms with E-state index in [1.54, 1.807) is 0 Å². The summed E-state index contributed by atoms with van der Waals surface area (Å²) in [6.45, 7) is 3.03. The highest BCUT2D eigenvalue weighted by Crippen LogP contribution is 2.24. The van der Waals surface area contributed by atoms with Crippen molar-refractivity contribution < 1.29 is 4.79 Å². The molecule has 0 spiro atoms. The molecule has 0 amide bonds. The van der Waals surface area contributed by atoms with Crippen molar-refractivity contribution in [1.29, 1.82) is 0 Å². The van der Waals surface area contributed by atoms with Gasteiger partial charge in [0.25, 0.3) is 0 Å². The van der Waals surface area contributed by atoms with E-state index in [1.807, 2.05) is 0 Å². The minimum absolute atomic E-state index is 0.0263. The molecule has 0 bridgehead atoms. The number of carbonyl (C=O) groups is 1. The van der Waals surface area contributed by atoms with Crippen LogP contribution in [0.15, 0.2) is 0 Å². The number of hydrogen-bond donors (Lipinski definition) is 0. The van der Waals surface area contributed by atoms with E-state index in [0.717, 1.165) is 43.7 Å². The van der Waals surface area contributed by atoms with E-state index in [-0.39, 0.29) is 5.92 Å². The van der Waals surface area contributed by atoms with Gasteiger partial charge in [-0.3, -0.25) is 0 Å². The summed E-state index contributed by atoms with van der Waals surface area (Å²) in [5.74, 6) is 1.83. The Kier molecular flexibility index (Phi) is 2.12. The fourth-order valence-corrected chi connectivity index (χ4v) is 1.86. The van der Waals surface area contributed by atoms with Gasteiger partial charge in [-0.25, -0.2) is 0 Å². The first-order valence-corrected chi connectivity index (χ1v) is 4.74. The van der Waals surface area contributed by atoms with E-state index in [4.69, 9.17) is 0 Å². The zero-order chi connectivity index (χ0) is 9.26. The molecule has 1 aromatic heterocycles. The molecule has 0 saturated heterocycles. The molecule has 0 aliphatic carbocycles. The van der Waals surface area contributed by atoms with E-state index >= 15 is 0 Å². The number of aromatic nitrogens is 3. The standard InChI is InChI=1S/C9H13N3O/c1-2-8-10-11-9-7(6-13)4-3-5-12(8)9/h6-7H,2-5H2,1H3. The lowest BCUT2D eigenvalue weighted by Gasteiger charge is -2.18. The summed E-state index contributed by atoms with van der Waals surface area (Å²) in [7, 11) is 0. The van der Waals surface area contributed by atoms with Crippen molar-refractivity contribution in [2.75, 3.05) is 0 Å². The summed E-state index contributed by atoms with van der Waals surface area (Å²) < 4.78 is 2.09. The Morgan fingerprint density at radius 2 is 2.46 bits per heavy atom. The second-order valence-electron chi connectivity index (χ2n) is 3.36. The monoisotopic (exact) mass is 179 g/mol. The highest BCUT2D eigenvalue weighted by Gasteiger charge is 2.23. The van der Waals surface area contributed by atoms with Gasteiger partial charge in [0.05, 0.1) is 5.92 Å². The third-order valence-electron chi connectivity index (χ3n) is 2.56. The first-order valence-electron chi connectivity index (χ1n) is 4.74. The number of carbonyl (C=O) groups excluding carboxylic acids is 1. The zero-order valence-corrected chi connectivity index (χ0v) is 7.73. The summed E-state index contributed by atoms with van der Waals surface area (Å²) in [5, 5.41) is 8.13. The minimum atomic E-state index is -0.0263. The number of hydrogen-bond acceptors (Lipinski definition) is 3. The van der Waals surface area contributed by atoms with Crippen molar-refractivity contribution in [3.05, 3.63) is 11.6 Å². The Hall–Kier alpha value is -1.19. The Balaban J connectivity index is 2.41. The molecule has 1 atom stereocenters. The largest absolute Gasteiger partial charge is 0.314 e. The van der Waals surface area contributed by atoms with Crippen molar-refractivity contribution in [3.8, 4) is 0 Å². The van der Waals surface area contributed by atoms with Crippen LogP contribution < -0.4 is 0 Å². The van der Waals surface area contributed by atoms with Crippen LogP contribution in [0.4, 0.5) is 0 Å². The van der Waals surface area contributed by atoms with E-state index < -0.39 is 0 Å². The molecule has 0 radical (unpaired) electrons. The molecule has 4 nitrogen and oxygen atoms in total. The topological polar surface area (TPSA) is 47.8 Å². The lowest BCUT2D eigenvalue weighted by atomic mass is 10.0. The number of aldehydes is 1. The first kappa shape index (κ1) is 8.41. The summed E-state index contributed by atoms with van der Waals surface area (Å²) in [4.78, 5) is 10.7. The number of fused-ring (bicyclic) bond motifs is 1. The molecule has 70 valence electrons. The molecule has 2 heterocycles. The summed E-state index contributed by atoms with van der Waals surface area (Å²) >= 11 is 0. The molecule has 1 unspecified atom stereocenters. The van der Waals surface area contributed by atoms with Crippen LogP contribution in [0.5, 0.6) is 0 Å². The van der Waals surface area contributed by atoms with Crippen molar-refractivity contribution >= 4 is 6.29 Å². The van der Waals surface area contributed by atoms with Gasteiger partial charge in [-0.1, -0.05) is 6.92 Å². The predicted molar refractivity (Wildman–Crippen MR) is 47.4 cm³/mol. The molecule has 4 heteroatoms. The second-order valence-corrected chi connectivity index (χ2v) is 3.36. The lowest BCUT2D eigenvalue weighted by Crippen LogP contribution is -2.18. The van der Waals surface area contributed by atoms with Crippen LogP contribution in [0.25, 0.3) is 0 Å². The second kappa shape index (κ2) is 3.28. The maximum Gasteiger partial charge on any atom is 0.143 e. The van der Waals surface area contributed by atoms with Crippen molar-refractivity contribution in [3.63, 3.8) is 0 Å². The zero-order valence-electron chi connectivity index (χ0n) is 7.73. The van der Waals surface area contributed by atoms with E-state index in [2.05, 4.69) is 21.7 Å². The quantitative estimate of drug-likeness (QED) is 0.634. The van der Waals surface area contributed by atoms with Gasteiger partial charge in [-0.05, 0) is 12.8 Å². The Morgan fingerprint density at radius 1 is 1.62 bits per heavy atom. The molecule has 13 heavy (non-hydrogen) atoms. The van der Waals surface area contributed by atoms with Crippen molar-refractivity contribution in [2.24, 2.45) is 0 Å². The van der Waals surface area contributed by atoms with Gasteiger partial charge in [0.2, 0.25) is 0 Å². The van der Waals surface area contributed by atoms with Gasteiger partial charge in [0.1, 0.15) is 17.9 Å². The highest BCUT2D eigenvalue weighted by molar-refractivity contribution is 5.60. The van der Waals surface area contributed by atoms with E-state index in [0.29, 0.717) is 0 Å².